The quantitative estimate of drug-likeness (QED) is 0.101. The van der Waals surface area contributed by atoms with E-state index in [9.17, 15) is 14.4 Å². The van der Waals surface area contributed by atoms with Crippen molar-refractivity contribution in [3.8, 4) is 0 Å². The molecule has 0 aliphatic carbocycles. The van der Waals surface area contributed by atoms with Gasteiger partial charge in [0.05, 0.1) is 0 Å². The van der Waals surface area contributed by atoms with Gasteiger partial charge >= 0.3 is 12.1 Å². The summed E-state index contributed by atoms with van der Waals surface area (Å²) in [5, 5.41) is 5.81. The van der Waals surface area contributed by atoms with Gasteiger partial charge in [-0.25, -0.2) is 9.59 Å². The average Bonchev–Trinajstić information content (AvgIpc) is 3.09. The van der Waals surface area contributed by atoms with Crippen LogP contribution < -0.4 is 10.6 Å². The number of alkyl carbamates (subject to hydrolysis) is 1. The van der Waals surface area contributed by atoms with Gasteiger partial charge in [0, 0.05) is 19.4 Å². The van der Waals surface area contributed by atoms with E-state index in [-0.39, 0.29) is 19.4 Å². The molecule has 0 aliphatic heterocycles. The lowest BCUT2D eigenvalue weighted by molar-refractivity contribution is -0.159. The smallest absolute Gasteiger partial charge is 0.408 e. The van der Waals surface area contributed by atoms with Gasteiger partial charge in [-0.1, -0.05) is 124 Å². The molecule has 0 heterocycles. The summed E-state index contributed by atoms with van der Waals surface area (Å²) in [6, 6.07) is 22.8. The molecule has 0 bridgehead atoms. The summed E-state index contributed by atoms with van der Waals surface area (Å²) in [6.07, 6.45) is 5.83. The van der Waals surface area contributed by atoms with Crippen molar-refractivity contribution in [1.29, 1.82) is 0 Å². The predicted octanol–water partition coefficient (Wildman–Crippen LogP) is 8.37. The summed E-state index contributed by atoms with van der Waals surface area (Å²) in [5.74, 6) is -1.58. The van der Waals surface area contributed by atoms with Gasteiger partial charge in [0.15, 0.2) is 0 Å². The van der Waals surface area contributed by atoms with Crippen LogP contribution in [0.1, 0.15) is 109 Å². The maximum Gasteiger partial charge on any atom is 0.408 e. The fourth-order valence-electron chi connectivity index (χ4n) is 5.95. The molecule has 2 N–H and O–H groups in total. The Morgan fingerprint density at radius 3 is 1.83 bits per heavy atom. The molecule has 53 heavy (non-hydrogen) atoms. The molecule has 3 atom stereocenters. The van der Waals surface area contributed by atoms with E-state index in [1.807, 2.05) is 78.9 Å². The number of benzene rings is 3. The number of unbranched alkanes of at least 4 members (excludes halogenated alkanes) is 4. The molecule has 3 aromatic carbocycles. The lowest BCUT2D eigenvalue weighted by Crippen LogP contribution is -2.55. The summed E-state index contributed by atoms with van der Waals surface area (Å²) in [4.78, 5) is 58.3. The zero-order valence-corrected chi connectivity index (χ0v) is 32.7. The van der Waals surface area contributed by atoms with Crippen LogP contribution in [0.25, 0.3) is 6.08 Å². The Labute approximate surface area is 316 Å². The van der Waals surface area contributed by atoms with Crippen LogP contribution in [0.5, 0.6) is 0 Å². The second-order valence-corrected chi connectivity index (χ2v) is 15.4. The molecule has 0 aromatic heterocycles. The Kier molecular flexibility index (Phi) is 16.3. The van der Waals surface area contributed by atoms with E-state index >= 15 is 4.79 Å². The minimum Gasteiger partial charge on any atom is -0.458 e. The molecule has 0 fully saturated rings. The van der Waals surface area contributed by atoms with Gasteiger partial charge in [0.25, 0.3) is 0 Å². The van der Waals surface area contributed by atoms with Crippen LogP contribution >= 0.6 is 0 Å². The molecule has 3 amide bonds. The number of hydrogen-bond donors (Lipinski definition) is 2. The van der Waals surface area contributed by atoms with E-state index in [1.54, 1.807) is 58.6 Å². The zero-order valence-electron chi connectivity index (χ0n) is 32.7. The predicted molar refractivity (Wildman–Crippen MR) is 211 cm³/mol. The normalized spacial score (nSPS) is 13.2. The number of hydrogen-bond acceptors (Lipinski definition) is 6. The van der Waals surface area contributed by atoms with Crippen LogP contribution in [0.15, 0.2) is 91.5 Å². The molecule has 0 spiro atoms. The highest BCUT2D eigenvalue weighted by Gasteiger charge is 2.38. The molecule has 9 heteroatoms. The fourth-order valence-corrected chi connectivity index (χ4v) is 5.95. The van der Waals surface area contributed by atoms with Gasteiger partial charge in [0.2, 0.25) is 11.8 Å². The second-order valence-electron chi connectivity index (χ2n) is 15.4. The Morgan fingerprint density at radius 1 is 0.717 bits per heavy atom. The van der Waals surface area contributed by atoms with Gasteiger partial charge in [-0.3, -0.25) is 9.59 Å². The second kappa shape index (κ2) is 20.4. The van der Waals surface area contributed by atoms with Crippen molar-refractivity contribution in [2.45, 2.75) is 123 Å². The van der Waals surface area contributed by atoms with E-state index in [1.165, 1.54) is 0 Å². The number of carbonyl (C=O) groups excluding carboxylic acids is 4. The minimum absolute atomic E-state index is 0.167. The maximum atomic E-state index is 15.0. The van der Waals surface area contributed by atoms with E-state index in [4.69, 9.17) is 9.47 Å². The van der Waals surface area contributed by atoms with Crippen molar-refractivity contribution < 1.29 is 28.7 Å². The van der Waals surface area contributed by atoms with Crippen molar-refractivity contribution in [3.05, 3.63) is 114 Å². The molecule has 286 valence electrons. The lowest BCUT2D eigenvalue weighted by atomic mass is 9.97. The summed E-state index contributed by atoms with van der Waals surface area (Å²) in [7, 11) is 0. The number of nitrogens with one attached hydrogen (secondary N) is 2. The molecule has 0 aliphatic rings. The van der Waals surface area contributed by atoms with Gasteiger partial charge in [-0.05, 0) is 76.3 Å². The molecule has 3 rings (SSSR count). The number of carbonyl (C=O) groups is 4. The van der Waals surface area contributed by atoms with Crippen LogP contribution in [-0.2, 0) is 36.7 Å². The average molecular weight is 726 g/mol. The van der Waals surface area contributed by atoms with E-state index < -0.39 is 53.2 Å². The maximum absolute atomic E-state index is 15.0. The van der Waals surface area contributed by atoms with Crippen LogP contribution in [0, 0.1) is 0 Å². The van der Waals surface area contributed by atoms with Crippen LogP contribution in [0.4, 0.5) is 4.79 Å². The first kappa shape index (κ1) is 42.5. The van der Waals surface area contributed by atoms with Gasteiger partial charge in [0.1, 0.15) is 29.3 Å². The van der Waals surface area contributed by atoms with E-state index in [0.717, 1.165) is 42.4 Å². The van der Waals surface area contributed by atoms with E-state index in [2.05, 4.69) is 24.1 Å². The summed E-state index contributed by atoms with van der Waals surface area (Å²) in [5.41, 5.74) is 1.37. The van der Waals surface area contributed by atoms with Crippen molar-refractivity contribution in [3.63, 3.8) is 0 Å². The lowest BCUT2D eigenvalue weighted by Gasteiger charge is -2.35. The van der Waals surface area contributed by atoms with Crippen molar-refractivity contribution in [2.24, 2.45) is 0 Å². The van der Waals surface area contributed by atoms with Crippen molar-refractivity contribution in [2.75, 3.05) is 6.54 Å². The number of nitrogens with zero attached hydrogens (tertiary/aromatic N) is 1. The number of ether oxygens (including phenoxy) is 2. The Morgan fingerprint density at radius 2 is 1.28 bits per heavy atom. The summed E-state index contributed by atoms with van der Waals surface area (Å²) in [6.45, 7) is 16.9. The molecule has 3 aromatic rings. The molecule has 3 unspecified atom stereocenters. The van der Waals surface area contributed by atoms with Crippen molar-refractivity contribution >= 4 is 30.0 Å². The van der Waals surface area contributed by atoms with Crippen LogP contribution in [-0.4, -0.2) is 58.6 Å². The van der Waals surface area contributed by atoms with Gasteiger partial charge < -0.3 is 25.0 Å². The highest BCUT2D eigenvalue weighted by Crippen LogP contribution is 2.27. The molecular weight excluding hydrogens is 666 g/mol. The summed E-state index contributed by atoms with van der Waals surface area (Å²) < 4.78 is 11.4. The van der Waals surface area contributed by atoms with Crippen LogP contribution in [0.2, 0.25) is 0 Å². The fraction of sp³-hybridized carbons (Fsp3) is 0.455. The molecular formula is C44H59N3O6. The third-order valence-corrected chi connectivity index (χ3v) is 8.37. The SMILES string of the molecule is C=Cc1cccc(C(C(=O)NC(Cc2ccccc2)C(=O)OC(C)(C)C)N(CCCCCCC)C(=O)C(Cc2ccccc2)NC(=O)OC(C)(C)C)c1. The minimum atomic E-state index is -1.16. The van der Waals surface area contributed by atoms with Crippen molar-refractivity contribution in [1.82, 2.24) is 15.5 Å². The molecule has 9 nitrogen and oxygen atoms in total. The van der Waals surface area contributed by atoms with Gasteiger partial charge in [-0.2, -0.15) is 0 Å². The highest BCUT2D eigenvalue weighted by atomic mass is 16.6. The highest BCUT2D eigenvalue weighted by molar-refractivity contribution is 5.94. The molecule has 0 radical (unpaired) electrons. The standard InChI is InChI=1S/C44H59N3O6/c1-9-11-12-13-20-28-47(40(49)36(30-33-22-16-14-17-23-33)46-42(51)53-44(6,7)8)38(35-27-21-26-32(10-2)29-35)39(48)45-37(41(50)52-43(3,4)5)31-34-24-18-15-19-25-34/h10,14-19,21-27,29,36-38H,2,9,11-13,20,28,30-31H2,1,3-8H3,(H,45,48)(H,46,51). The number of amides is 3. The van der Waals surface area contributed by atoms with E-state index in [0.29, 0.717) is 12.0 Å². The third kappa shape index (κ3) is 14.9. The Hall–Kier alpha value is -4.92. The molecule has 0 saturated heterocycles. The van der Waals surface area contributed by atoms with Crippen LogP contribution in [0.3, 0.4) is 0 Å². The Bertz CT molecular complexity index is 1630. The monoisotopic (exact) mass is 725 g/mol. The van der Waals surface area contributed by atoms with Gasteiger partial charge in [-0.15, -0.1) is 0 Å². The Balaban J connectivity index is 2.15. The summed E-state index contributed by atoms with van der Waals surface area (Å²) >= 11 is 0. The first-order valence-electron chi connectivity index (χ1n) is 18.7. The molecule has 0 saturated carbocycles. The topological polar surface area (TPSA) is 114 Å². The number of esters is 1. The third-order valence-electron chi connectivity index (χ3n) is 8.37. The zero-order chi connectivity index (χ0) is 39.0. The first-order chi connectivity index (χ1) is 25.1. The number of rotatable bonds is 18. The first-order valence-corrected chi connectivity index (χ1v) is 18.7. The largest absolute Gasteiger partial charge is 0.458 e.